The third-order valence-corrected chi connectivity index (χ3v) is 2.21. The molecule has 0 saturated heterocycles. The summed E-state index contributed by atoms with van der Waals surface area (Å²) in [5.41, 5.74) is 5.44. The second-order valence-electron chi connectivity index (χ2n) is 3.60. The molecule has 0 spiro atoms. The predicted octanol–water partition coefficient (Wildman–Crippen LogP) is 0.731. The van der Waals surface area contributed by atoms with Crippen molar-refractivity contribution in [2.24, 2.45) is 5.73 Å². The highest BCUT2D eigenvalue weighted by Gasteiger charge is 2.12. The highest BCUT2D eigenvalue weighted by Crippen LogP contribution is 2.01. The summed E-state index contributed by atoms with van der Waals surface area (Å²) in [4.78, 5) is 0. The molecular formula is C8H21N2S+. The number of nitrogens with zero attached hydrogens (tertiary/aromatic N) is 1. The van der Waals surface area contributed by atoms with E-state index in [0.29, 0.717) is 0 Å². The van der Waals surface area contributed by atoms with Crippen molar-refractivity contribution < 1.29 is 4.48 Å². The molecule has 0 radical (unpaired) electrons. The van der Waals surface area contributed by atoms with E-state index in [2.05, 4.69) is 26.7 Å². The van der Waals surface area contributed by atoms with Crippen LogP contribution in [0.5, 0.6) is 0 Å². The van der Waals surface area contributed by atoms with Crippen LogP contribution < -0.4 is 5.73 Å². The van der Waals surface area contributed by atoms with Gasteiger partial charge in [0.25, 0.3) is 0 Å². The van der Waals surface area contributed by atoms with Crippen LogP contribution in [-0.4, -0.2) is 44.0 Å². The number of hydrogen-bond acceptors (Lipinski definition) is 2. The van der Waals surface area contributed by atoms with Crippen LogP contribution in [0.3, 0.4) is 0 Å². The van der Waals surface area contributed by atoms with Crippen LogP contribution in [0.15, 0.2) is 0 Å². The monoisotopic (exact) mass is 177 g/mol. The maximum absolute atomic E-state index is 5.44. The molecule has 68 valence electrons. The van der Waals surface area contributed by atoms with Crippen molar-refractivity contribution in [3.63, 3.8) is 0 Å². The molecule has 0 aromatic heterocycles. The Labute approximate surface area is 75.8 Å². The Morgan fingerprint density at radius 1 is 1.18 bits per heavy atom. The standard InChI is InChI=1S/C8H20N2S/c1-10(2,6-3-5-9)7-4-8-11/h3-9H2,1-2H3/p+1. The van der Waals surface area contributed by atoms with Gasteiger partial charge in [-0.1, -0.05) is 0 Å². The number of quaternary nitrogens is 1. The van der Waals surface area contributed by atoms with Crippen LogP contribution in [0.1, 0.15) is 12.8 Å². The first-order chi connectivity index (χ1) is 5.12. The van der Waals surface area contributed by atoms with Crippen molar-refractivity contribution in [3.05, 3.63) is 0 Å². The van der Waals surface area contributed by atoms with E-state index in [4.69, 9.17) is 5.73 Å². The van der Waals surface area contributed by atoms with Crippen LogP contribution in [0.4, 0.5) is 0 Å². The van der Waals surface area contributed by atoms with Gasteiger partial charge in [0.2, 0.25) is 0 Å². The minimum absolute atomic E-state index is 0.808. The zero-order chi connectivity index (χ0) is 8.74. The van der Waals surface area contributed by atoms with Crippen LogP contribution in [0.2, 0.25) is 0 Å². The van der Waals surface area contributed by atoms with E-state index in [1.165, 1.54) is 19.5 Å². The van der Waals surface area contributed by atoms with Crippen molar-refractivity contribution >= 4 is 12.6 Å². The van der Waals surface area contributed by atoms with Gasteiger partial charge in [0.05, 0.1) is 27.2 Å². The number of hydrogen-bond donors (Lipinski definition) is 2. The normalized spacial score (nSPS) is 12.0. The molecule has 0 fully saturated rings. The van der Waals surface area contributed by atoms with E-state index in [0.717, 1.165) is 23.2 Å². The summed E-state index contributed by atoms with van der Waals surface area (Å²) >= 11 is 4.19. The Morgan fingerprint density at radius 2 is 1.73 bits per heavy atom. The molecule has 0 aliphatic rings. The Bertz CT molecular complexity index is 84.1. The van der Waals surface area contributed by atoms with E-state index in [1.54, 1.807) is 0 Å². The van der Waals surface area contributed by atoms with Crippen LogP contribution in [0, 0.1) is 0 Å². The van der Waals surface area contributed by atoms with E-state index in [1.807, 2.05) is 0 Å². The van der Waals surface area contributed by atoms with Crippen molar-refractivity contribution in [1.82, 2.24) is 0 Å². The third-order valence-electron chi connectivity index (χ3n) is 1.89. The van der Waals surface area contributed by atoms with Crippen molar-refractivity contribution in [2.45, 2.75) is 12.8 Å². The third kappa shape index (κ3) is 6.66. The molecule has 0 bridgehead atoms. The summed E-state index contributed by atoms with van der Waals surface area (Å²) in [6.45, 7) is 3.20. The summed E-state index contributed by atoms with van der Waals surface area (Å²) in [5, 5.41) is 0. The van der Waals surface area contributed by atoms with Crippen LogP contribution in [0.25, 0.3) is 0 Å². The summed E-state index contributed by atoms with van der Waals surface area (Å²) in [5.74, 6) is 0.990. The van der Waals surface area contributed by atoms with Gasteiger partial charge in [-0.15, -0.1) is 0 Å². The first kappa shape index (κ1) is 11.3. The quantitative estimate of drug-likeness (QED) is 0.454. The van der Waals surface area contributed by atoms with Crippen molar-refractivity contribution in [3.8, 4) is 0 Å². The SMILES string of the molecule is C[N+](C)(CCCN)CCCS. The van der Waals surface area contributed by atoms with Gasteiger partial charge in [0, 0.05) is 12.8 Å². The molecule has 0 unspecified atom stereocenters. The zero-order valence-corrected chi connectivity index (χ0v) is 8.61. The van der Waals surface area contributed by atoms with Gasteiger partial charge in [-0.25, -0.2) is 0 Å². The minimum Gasteiger partial charge on any atom is -0.330 e. The maximum Gasteiger partial charge on any atom is 0.0794 e. The molecule has 2 N–H and O–H groups in total. The Morgan fingerprint density at radius 3 is 2.18 bits per heavy atom. The fraction of sp³-hybridized carbons (Fsp3) is 1.00. The topological polar surface area (TPSA) is 26.0 Å². The average molecular weight is 177 g/mol. The minimum atomic E-state index is 0.808. The Balaban J connectivity index is 3.43. The number of thiol groups is 1. The largest absolute Gasteiger partial charge is 0.330 e. The molecular weight excluding hydrogens is 156 g/mol. The average Bonchev–Trinajstić information content (AvgIpc) is 1.97. The molecule has 0 aliphatic heterocycles. The van der Waals surface area contributed by atoms with E-state index in [-0.39, 0.29) is 0 Å². The fourth-order valence-electron chi connectivity index (χ4n) is 1.13. The van der Waals surface area contributed by atoms with Crippen molar-refractivity contribution in [2.75, 3.05) is 39.5 Å². The molecule has 0 heterocycles. The lowest BCUT2D eigenvalue weighted by Crippen LogP contribution is -2.42. The van der Waals surface area contributed by atoms with Gasteiger partial charge in [-0.05, 0) is 12.3 Å². The fourth-order valence-corrected chi connectivity index (χ4v) is 1.27. The van der Waals surface area contributed by atoms with E-state index < -0.39 is 0 Å². The molecule has 0 saturated carbocycles. The molecule has 0 aliphatic carbocycles. The van der Waals surface area contributed by atoms with Gasteiger partial charge < -0.3 is 10.2 Å². The Hall–Kier alpha value is 0.270. The molecule has 0 rings (SSSR count). The molecule has 0 aromatic carbocycles. The van der Waals surface area contributed by atoms with Gasteiger partial charge >= 0.3 is 0 Å². The molecule has 11 heavy (non-hydrogen) atoms. The highest BCUT2D eigenvalue weighted by atomic mass is 32.1. The van der Waals surface area contributed by atoms with E-state index >= 15 is 0 Å². The summed E-state index contributed by atoms with van der Waals surface area (Å²) in [6.07, 6.45) is 2.32. The lowest BCUT2D eigenvalue weighted by Gasteiger charge is -2.29. The smallest absolute Gasteiger partial charge is 0.0794 e. The first-order valence-electron chi connectivity index (χ1n) is 4.25. The van der Waals surface area contributed by atoms with Gasteiger partial charge in [-0.2, -0.15) is 12.6 Å². The van der Waals surface area contributed by atoms with Gasteiger partial charge in [-0.3, -0.25) is 0 Å². The van der Waals surface area contributed by atoms with Gasteiger partial charge in [0.1, 0.15) is 0 Å². The lowest BCUT2D eigenvalue weighted by molar-refractivity contribution is -0.890. The van der Waals surface area contributed by atoms with Gasteiger partial charge in [0.15, 0.2) is 0 Å². The predicted molar refractivity (Wildman–Crippen MR) is 54.0 cm³/mol. The molecule has 0 amide bonds. The second-order valence-corrected chi connectivity index (χ2v) is 4.05. The molecule has 2 nitrogen and oxygen atoms in total. The van der Waals surface area contributed by atoms with E-state index in [9.17, 15) is 0 Å². The molecule has 3 heteroatoms. The second kappa shape index (κ2) is 5.86. The maximum atomic E-state index is 5.44. The Kier molecular flexibility index (Phi) is 6.01. The van der Waals surface area contributed by atoms with Crippen LogP contribution >= 0.6 is 12.6 Å². The summed E-state index contributed by atoms with van der Waals surface area (Å²) < 4.78 is 1.08. The summed E-state index contributed by atoms with van der Waals surface area (Å²) in [6, 6.07) is 0. The summed E-state index contributed by atoms with van der Waals surface area (Å²) in [7, 11) is 4.50. The molecule has 0 atom stereocenters. The molecule has 0 aromatic rings. The van der Waals surface area contributed by atoms with Crippen molar-refractivity contribution in [1.29, 1.82) is 0 Å². The first-order valence-corrected chi connectivity index (χ1v) is 4.88. The number of rotatable bonds is 6. The van der Waals surface area contributed by atoms with Crippen LogP contribution in [-0.2, 0) is 0 Å². The lowest BCUT2D eigenvalue weighted by atomic mass is 10.3. The zero-order valence-electron chi connectivity index (χ0n) is 7.71. The number of nitrogens with two attached hydrogens (primary N) is 1. The highest BCUT2D eigenvalue weighted by molar-refractivity contribution is 7.80.